The Morgan fingerprint density at radius 1 is 1.29 bits per heavy atom. The van der Waals surface area contributed by atoms with E-state index in [0.29, 0.717) is 5.17 Å². The predicted molar refractivity (Wildman–Crippen MR) is 89.8 cm³/mol. The number of amidine groups is 1. The molecule has 0 saturated carbocycles. The second-order valence-corrected chi connectivity index (χ2v) is 6.67. The Balaban J connectivity index is 1.73. The van der Waals surface area contributed by atoms with Crippen LogP contribution in [-0.2, 0) is 5.54 Å². The van der Waals surface area contributed by atoms with Crippen molar-refractivity contribution in [1.29, 1.82) is 0 Å². The molecule has 1 aliphatic heterocycles. The van der Waals surface area contributed by atoms with Gasteiger partial charge >= 0.3 is 0 Å². The molecule has 0 saturated heterocycles. The first-order valence-corrected chi connectivity index (χ1v) is 8.23. The molecule has 2 atom stereocenters. The standard InChI is InChI=1S/C17H20N2OS/c1-17(11-12-21-16(18)19-17)13-7-9-15(10-8-13)20-14-5-3-2-4-6-14/h2-5,7-10,14H,6,11-12H2,1H3,(H2,18,19). The molecule has 2 N–H and O–H groups in total. The first kappa shape index (κ1) is 14.3. The van der Waals surface area contributed by atoms with Gasteiger partial charge in [0.05, 0.1) is 5.54 Å². The summed E-state index contributed by atoms with van der Waals surface area (Å²) < 4.78 is 5.95. The van der Waals surface area contributed by atoms with Crippen molar-refractivity contribution in [2.24, 2.45) is 10.7 Å². The third-order valence-electron chi connectivity index (χ3n) is 3.90. The monoisotopic (exact) mass is 300 g/mol. The molecular weight excluding hydrogens is 280 g/mol. The minimum absolute atomic E-state index is 0.135. The van der Waals surface area contributed by atoms with Crippen LogP contribution in [0.2, 0.25) is 0 Å². The van der Waals surface area contributed by atoms with Crippen LogP contribution in [0.3, 0.4) is 0 Å². The normalized spacial score (nSPS) is 28.2. The molecule has 0 spiro atoms. The number of nitrogens with two attached hydrogens (primary N) is 1. The van der Waals surface area contributed by atoms with Gasteiger partial charge < -0.3 is 10.5 Å². The van der Waals surface area contributed by atoms with Crippen molar-refractivity contribution in [1.82, 2.24) is 0 Å². The lowest BCUT2D eigenvalue weighted by Crippen LogP contribution is -2.28. The average molecular weight is 300 g/mol. The van der Waals surface area contributed by atoms with E-state index in [9.17, 15) is 0 Å². The van der Waals surface area contributed by atoms with Gasteiger partial charge in [0.15, 0.2) is 5.17 Å². The lowest BCUT2D eigenvalue weighted by molar-refractivity contribution is 0.251. The zero-order valence-electron chi connectivity index (χ0n) is 12.2. The van der Waals surface area contributed by atoms with Gasteiger partial charge in [0.2, 0.25) is 0 Å². The summed E-state index contributed by atoms with van der Waals surface area (Å²) >= 11 is 1.63. The van der Waals surface area contributed by atoms with E-state index in [1.54, 1.807) is 11.8 Å². The Labute approximate surface area is 130 Å². The largest absolute Gasteiger partial charge is 0.486 e. The zero-order chi connectivity index (χ0) is 14.7. The highest BCUT2D eigenvalue weighted by Crippen LogP contribution is 2.35. The number of nitrogens with zero attached hydrogens (tertiary/aromatic N) is 1. The molecule has 1 aromatic rings. The smallest absolute Gasteiger partial charge is 0.154 e. The summed E-state index contributed by atoms with van der Waals surface area (Å²) in [7, 11) is 0. The van der Waals surface area contributed by atoms with Crippen LogP contribution >= 0.6 is 11.8 Å². The molecule has 1 heterocycles. The fourth-order valence-electron chi connectivity index (χ4n) is 2.61. The quantitative estimate of drug-likeness (QED) is 0.927. The molecule has 0 fully saturated rings. The van der Waals surface area contributed by atoms with Gasteiger partial charge in [-0.1, -0.05) is 42.1 Å². The molecule has 3 rings (SSSR count). The summed E-state index contributed by atoms with van der Waals surface area (Å²) in [5.41, 5.74) is 6.86. The molecule has 1 aliphatic carbocycles. The van der Waals surface area contributed by atoms with Crippen molar-refractivity contribution in [3.05, 3.63) is 54.1 Å². The molecule has 3 nitrogen and oxygen atoms in total. The van der Waals surface area contributed by atoms with Crippen molar-refractivity contribution in [2.45, 2.75) is 31.4 Å². The van der Waals surface area contributed by atoms with Crippen molar-refractivity contribution in [3.8, 4) is 5.75 Å². The molecule has 21 heavy (non-hydrogen) atoms. The Hall–Kier alpha value is -1.68. The second kappa shape index (κ2) is 5.98. The molecule has 0 radical (unpaired) electrons. The number of hydrogen-bond acceptors (Lipinski definition) is 4. The summed E-state index contributed by atoms with van der Waals surface area (Å²) in [5.74, 6) is 1.91. The number of hydrogen-bond donors (Lipinski definition) is 1. The van der Waals surface area contributed by atoms with Crippen LogP contribution in [0.1, 0.15) is 25.3 Å². The van der Waals surface area contributed by atoms with Gasteiger partial charge in [0.25, 0.3) is 0 Å². The maximum Gasteiger partial charge on any atom is 0.154 e. The first-order chi connectivity index (χ1) is 10.2. The Kier molecular flexibility index (Phi) is 4.06. The van der Waals surface area contributed by atoms with E-state index in [2.05, 4.69) is 36.2 Å². The Morgan fingerprint density at radius 3 is 2.76 bits per heavy atom. The van der Waals surface area contributed by atoms with E-state index in [-0.39, 0.29) is 11.6 Å². The molecule has 2 aliphatic rings. The maximum atomic E-state index is 5.95. The fraction of sp³-hybridized carbons (Fsp3) is 0.353. The van der Waals surface area contributed by atoms with Crippen molar-refractivity contribution in [3.63, 3.8) is 0 Å². The van der Waals surface area contributed by atoms with Crippen LogP contribution in [0.5, 0.6) is 5.75 Å². The highest BCUT2D eigenvalue weighted by Gasteiger charge is 2.29. The van der Waals surface area contributed by atoms with Crippen LogP contribution in [0.15, 0.2) is 53.6 Å². The maximum absolute atomic E-state index is 5.95. The van der Waals surface area contributed by atoms with E-state index in [1.165, 1.54) is 5.56 Å². The van der Waals surface area contributed by atoms with Gasteiger partial charge in [-0.2, -0.15) is 0 Å². The molecule has 0 bridgehead atoms. The summed E-state index contributed by atoms with van der Waals surface area (Å²) in [6, 6.07) is 8.26. The second-order valence-electron chi connectivity index (χ2n) is 5.55. The van der Waals surface area contributed by atoms with Crippen molar-refractivity contribution < 1.29 is 4.74 Å². The highest BCUT2D eigenvalue weighted by atomic mass is 32.2. The summed E-state index contributed by atoms with van der Waals surface area (Å²) in [6.07, 6.45) is 10.4. The third-order valence-corrected chi connectivity index (χ3v) is 4.70. The number of thioether (sulfide) groups is 1. The molecule has 110 valence electrons. The Morgan fingerprint density at radius 2 is 2.10 bits per heavy atom. The van der Waals surface area contributed by atoms with Gasteiger partial charge in [-0.15, -0.1) is 0 Å². The van der Waals surface area contributed by atoms with E-state index in [0.717, 1.165) is 24.3 Å². The molecule has 2 unspecified atom stereocenters. The summed E-state index contributed by atoms with van der Waals surface area (Å²) in [5, 5.41) is 0.684. The number of benzene rings is 1. The molecule has 4 heteroatoms. The van der Waals surface area contributed by atoms with Crippen LogP contribution in [0, 0.1) is 0 Å². The number of ether oxygens (including phenoxy) is 1. The topological polar surface area (TPSA) is 47.6 Å². The first-order valence-electron chi connectivity index (χ1n) is 7.24. The lowest BCUT2D eigenvalue weighted by Gasteiger charge is -2.29. The lowest BCUT2D eigenvalue weighted by atomic mass is 9.90. The van der Waals surface area contributed by atoms with Crippen molar-refractivity contribution >= 4 is 16.9 Å². The Bertz CT molecular complexity index is 591. The summed E-state index contributed by atoms with van der Waals surface area (Å²) in [4.78, 5) is 4.63. The number of allylic oxidation sites excluding steroid dienone is 2. The van der Waals surface area contributed by atoms with Gasteiger partial charge in [0, 0.05) is 12.2 Å². The van der Waals surface area contributed by atoms with E-state index < -0.39 is 0 Å². The van der Waals surface area contributed by atoms with Gasteiger partial charge in [0.1, 0.15) is 11.9 Å². The fourth-order valence-corrected chi connectivity index (χ4v) is 3.58. The molecular formula is C17H20N2OS. The number of rotatable bonds is 3. The van der Waals surface area contributed by atoms with E-state index >= 15 is 0 Å². The van der Waals surface area contributed by atoms with Gasteiger partial charge in [-0.05, 0) is 37.1 Å². The average Bonchev–Trinajstić information content (AvgIpc) is 2.49. The number of aliphatic imine (C=N–C) groups is 1. The SMILES string of the molecule is CC1(c2ccc(OC3C=CC=CC3)cc2)CCSC(N)=N1. The van der Waals surface area contributed by atoms with Gasteiger partial charge in [-0.3, -0.25) is 4.99 Å². The third kappa shape index (κ3) is 3.32. The van der Waals surface area contributed by atoms with Crippen LogP contribution in [0.25, 0.3) is 0 Å². The minimum atomic E-state index is -0.207. The van der Waals surface area contributed by atoms with Crippen molar-refractivity contribution in [2.75, 3.05) is 5.75 Å². The van der Waals surface area contributed by atoms with Gasteiger partial charge in [-0.25, -0.2) is 0 Å². The predicted octanol–water partition coefficient (Wildman–Crippen LogP) is 3.62. The molecule has 0 amide bonds. The zero-order valence-corrected chi connectivity index (χ0v) is 13.0. The van der Waals surface area contributed by atoms with E-state index in [1.807, 2.05) is 24.3 Å². The van der Waals surface area contributed by atoms with Crippen LogP contribution in [-0.4, -0.2) is 17.0 Å². The van der Waals surface area contributed by atoms with Crippen LogP contribution in [0.4, 0.5) is 0 Å². The van der Waals surface area contributed by atoms with Crippen LogP contribution < -0.4 is 10.5 Å². The van der Waals surface area contributed by atoms with E-state index in [4.69, 9.17) is 10.5 Å². The molecule has 1 aromatic carbocycles. The summed E-state index contributed by atoms with van der Waals surface area (Å²) in [6.45, 7) is 2.14. The minimum Gasteiger partial charge on any atom is -0.486 e. The highest BCUT2D eigenvalue weighted by molar-refractivity contribution is 8.13. The molecule has 0 aromatic heterocycles.